The average molecular weight is 386 g/mol. The number of ether oxygens (including phenoxy) is 3. The topological polar surface area (TPSA) is 51.2 Å². The van der Waals surface area contributed by atoms with Crippen LogP contribution in [0.1, 0.15) is 0 Å². The molecule has 7 heteroatoms. The van der Waals surface area contributed by atoms with Gasteiger partial charge in [-0.3, -0.25) is 9.69 Å². The molecule has 0 radical (unpaired) electrons. The summed E-state index contributed by atoms with van der Waals surface area (Å²) in [7, 11) is 1.61. The number of halogens is 1. The number of hydrogen-bond acceptors (Lipinski definition) is 5. The second-order valence-electron chi connectivity index (χ2n) is 6.88. The van der Waals surface area contributed by atoms with Crippen LogP contribution in [-0.4, -0.2) is 62.9 Å². The molecule has 0 unspecified atom stereocenters. The van der Waals surface area contributed by atoms with Gasteiger partial charge in [-0.25, -0.2) is 4.39 Å². The van der Waals surface area contributed by atoms with E-state index in [4.69, 9.17) is 14.2 Å². The maximum atomic E-state index is 13.2. The fourth-order valence-electron chi connectivity index (χ4n) is 3.59. The van der Waals surface area contributed by atoms with Gasteiger partial charge in [0.1, 0.15) is 17.3 Å². The van der Waals surface area contributed by atoms with Crippen molar-refractivity contribution in [3.8, 4) is 11.5 Å². The molecule has 4 rings (SSSR count). The molecule has 2 saturated heterocycles. The van der Waals surface area contributed by atoms with Gasteiger partial charge in [-0.05, 0) is 48.5 Å². The molecule has 28 heavy (non-hydrogen) atoms. The summed E-state index contributed by atoms with van der Waals surface area (Å²) in [5.74, 6) is 0.784. The predicted molar refractivity (Wildman–Crippen MR) is 102 cm³/mol. The number of β-lactam (4-membered cyclic amide) rings is 1. The SMILES string of the molecule is COc1ccc(N2C(=O)[C@@H](Oc3ccc(F)cc3)[C@H]2CN2CCOCC2)cc1. The number of benzene rings is 2. The molecular formula is C21H23FN2O4. The van der Waals surface area contributed by atoms with Gasteiger partial charge in [-0.2, -0.15) is 0 Å². The van der Waals surface area contributed by atoms with E-state index < -0.39 is 6.10 Å². The Bertz CT molecular complexity index is 806. The molecule has 2 aromatic rings. The first-order valence-corrected chi connectivity index (χ1v) is 9.35. The summed E-state index contributed by atoms with van der Waals surface area (Å²) in [5, 5.41) is 0. The molecule has 0 saturated carbocycles. The summed E-state index contributed by atoms with van der Waals surface area (Å²) in [5.41, 5.74) is 0.808. The van der Waals surface area contributed by atoms with Crippen LogP contribution in [0, 0.1) is 5.82 Å². The summed E-state index contributed by atoms with van der Waals surface area (Å²) in [6, 6.07) is 13.0. The predicted octanol–water partition coefficient (Wildman–Crippen LogP) is 2.33. The van der Waals surface area contributed by atoms with Gasteiger partial charge in [-0.15, -0.1) is 0 Å². The van der Waals surface area contributed by atoms with Crippen LogP contribution in [0.3, 0.4) is 0 Å². The van der Waals surface area contributed by atoms with Crippen LogP contribution in [0.25, 0.3) is 0 Å². The van der Waals surface area contributed by atoms with Crippen molar-refractivity contribution in [1.82, 2.24) is 4.90 Å². The first-order chi connectivity index (χ1) is 13.7. The number of rotatable bonds is 6. The lowest BCUT2D eigenvalue weighted by molar-refractivity contribution is -0.135. The number of amides is 1. The monoisotopic (exact) mass is 386 g/mol. The van der Waals surface area contributed by atoms with Crippen LogP contribution in [0.4, 0.5) is 10.1 Å². The minimum absolute atomic E-state index is 0.104. The van der Waals surface area contributed by atoms with Crippen molar-refractivity contribution < 1.29 is 23.4 Å². The molecule has 148 valence electrons. The Morgan fingerprint density at radius 2 is 1.68 bits per heavy atom. The van der Waals surface area contributed by atoms with Gasteiger partial charge >= 0.3 is 0 Å². The third kappa shape index (κ3) is 3.81. The van der Waals surface area contributed by atoms with Gasteiger partial charge in [0.25, 0.3) is 5.91 Å². The first-order valence-electron chi connectivity index (χ1n) is 9.35. The quantitative estimate of drug-likeness (QED) is 0.714. The summed E-state index contributed by atoms with van der Waals surface area (Å²) >= 11 is 0. The molecule has 0 bridgehead atoms. The molecule has 0 N–H and O–H groups in total. The maximum Gasteiger partial charge on any atom is 0.270 e. The zero-order valence-corrected chi connectivity index (χ0v) is 15.7. The molecule has 2 aromatic carbocycles. The van der Waals surface area contributed by atoms with E-state index in [0.29, 0.717) is 25.5 Å². The Morgan fingerprint density at radius 1 is 1.04 bits per heavy atom. The Kier molecular flexibility index (Phi) is 5.45. The van der Waals surface area contributed by atoms with Crippen LogP contribution < -0.4 is 14.4 Å². The Labute approximate surface area is 163 Å². The first kappa shape index (κ1) is 18.7. The number of morpholine rings is 1. The van der Waals surface area contributed by atoms with E-state index in [1.165, 1.54) is 12.1 Å². The van der Waals surface area contributed by atoms with E-state index in [-0.39, 0.29) is 17.8 Å². The van der Waals surface area contributed by atoms with Crippen LogP contribution in [0.2, 0.25) is 0 Å². The molecule has 1 amide bonds. The van der Waals surface area contributed by atoms with Crippen LogP contribution >= 0.6 is 0 Å². The molecule has 2 atom stereocenters. The molecular weight excluding hydrogens is 363 g/mol. The average Bonchev–Trinajstić information content (AvgIpc) is 2.74. The van der Waals surface area contributed by atoms with Gasteiger partial charge in [0.15, 0.2) is 6.10 Å². The molecule has 0 aromatic heterocycles. The number of carbonyl (C=O) groups excluding carboxylic acids is 1. The van der Waals surface area contributed by atoms with Gasteiger partial charge in [0.2, 0.25) is 0 Å². The molecule has 2 heterocycles. The van der Waals surface area contributed by atoms with E-state index in [1.807, 2.05) is 24.3 Å². The van der Waals surface area contributed by atoms with Crippen molar-refractivity contribution in [3.63, 3.8) is 0 Å². The molecule has 0 spiro atoms. The summed E-state index contributed by atoms with van der Waals surface area (Å²) in [6.45, 7) is 3.71. The normalized spacial score (nSPS) is 22.6. The number of methoxy groups -OCH3 is 1. The van der Waals surface area contributed by atoms with Crippen LogP contribution in [0.5, 0.6) is 11.5 Å². The van der Waals surface area contributed by atoms with E-state index >= 15 is 0 Å². The fourth-order valence-corrected chi connectivity index (χ4v) is 3.59. The van der Waals surface area contributed by atoms with Gasteiger partial charge in [-0.1, -0.05) is 0 Å². The number of carbonyl (C=O) groups is 1. The van der Waals surface area contributed by atoms with Crippen molar-refractivity contribution in [3.05, 3.63) is 54.3 Å². The van der Waals surface area contributed by atoms with Crippen molar-refractivity contribution in [2.45, 2.75) is 12.1 Å². The molecule has 2 aliphatic heterocycles. The van der Waals surface area contributed by atoms with Crippen LogP contribution in [-0.2, 0) is 9.53 Å². The number of hydrogen-bond donors (Lipinski definition) is 0. The summed E-state index contributed by atoms with van der Waals surface area (Å²) < 4.78 is 29.7. The van der Waals surface area contributed by atoms with E-state index in [1.54, 1.807) is 24.1 Å². The van der Waals surface area contributed by atoms with Gasteiger partial charge in [0.05, 0.1) is 26.4 Å². The Balaban J connectivity index is 1.54. The van der Waals surface area contributed by atoms with Crippen LogP contribution in [0.15, 0.2) is 48.5 Å². The van der Waals surface area contributed by atoms with Crippen molar-refractivity contribution in [2.24, 2.45) is 0 Å². The molecule has 0 aliphatic carbocycles. The van der Waals surface area contributed by atoms with E-state index in [9.17, 15) is 9.18 Å². The summed E-state index contributed by atoms with van der Waals surface area (Å²) in [6.07, 6.45) is -0.601. The largest absolute Gasteiger partial charge is 0.497 e. The highest BCUT2D eigenvalue weighted by Gasteiger charge is 2.50. The minimum Gasteiger partial charge on any atom is -0.497 e. The second kappa shape index (κ2) is 8.16. The molecule has 2 aliphatic rings. The fraction of sp³-hybridized carbons (Fsp3) is 0.381. The van der Waals surface area contributed by atoms with E-state index in [2.05, 4.69) is 4.90 Å². The minimum atomic E-state index is -0.601. The third-order valence-corrected chi connectivity index (χ3v) is 5.14. The van der Waals surface area contributed by atoms with E-state index in [0.717, 1.165) is 24.5 Å². The Morgan fingerprint density at radius 3 is 2.32 bits per heavy atom. The Hall–Kier alpha value is -2.64. The standard InChI is InChI=1S/C21H23FN2O4/c1-26-17-8-4-16(5-9-17)24-19(14-23-10-12-27-13-11-23)20(21(24)25)28-18-6-2-15(22)3-7-18/h2-9,19-20H,10-14H2,1H3/t19-,20+/m1/s1. The van der Waals surface area contributed by atoms with Crippen molar-refractivity contribution in [1.29, 1.82) is 0 Å². The lowest BCUT2D eigenvalue weighted by atomic mass is 9.95. The highest BCUT2D eigenvalue weighted by molar-refractivity contribution is 6.05. The van der Waals surface area contributed by atoms with Gasteiger partial charge in [0, 0.05) is 25.3 Å². The lowest BCUT2D eigenvalue weighted by Crippen LogP contribution is -2.70. The third-order valence-electron chi connectivity index (χ3n) is 5.14. The molecule has 2 fully saturated rings. The smallest absolute Gasteiger partial charge is 0.270 e. The maximum absolute atomic E-state index is 13.2. The van der Waals surface area contributed by atoms with Crippen molar-refractivity contribution >= 4 is 11.6 Å². The summed E-state index contributed by atoms with van der Waals surface area (Å²) in [4.78, 5) is 16.9. The number of anilines is 1. The second-order valence-corrected chi connectivity index (χ2v) is 6.88. The molecule has 6 nitrogen and oxygen atoms in total. The van der Waals surface area contributed by atoms with Crippen molar-refractivity contribution in [2.75, 3.05) is 44.9 Å². The van der Waals surface area contributed by atoms with Gasteiger partial charge < -0.3 is 19.1 Å². The zero-order valence-electron chi connectivity index (χ0n) is 15.7. The highest BCUT2D eigenvalue weighted by Crippen LogP contribution is 2.33. The highest BCUT2D eigenvalue weighted by atomic mass is 19.1. The lowest BCUT2D eigenvalue weighted by Gasteiger charge is -2.48. The zero-order chi connectivity index (χ0) is 19.5. The number of nitrogens with zero attached hydrogens (tertiary/aromatic N) is 2.